The molecule has 0 aliphatic rings. The molecule has 21 heavy (non-hydrogen) atoms. The topological polar surface area (TPSA) is 47.0 Å². The lowest BCUT2D eigenvalue weighted by molar-refractivity contribution is 0.415. The number of fused-ring (bicyclic) bond motifs is 1. The molecule has 1 heterocycles. The molecule has 4 nitrogen and oxygen atoms in total. The van der Waals surface area contributed by atoms with Gasteiger partial charge in [-0.15, -0.1) is 0 Å². The lowest BCUT2D eigenvalue weighted by atomic mass is 10.2. The number of hydrogen-bond acceptors (Lipinski definition) is 4. The Hall–Kier alpha value is -2.69. The van der Waals surface area contributed by atoms with Gasteiger partial charge in [-0.1, -0.05) is 18.2 Å². The van der Waals surface area contributed by atoms with Crippen LogP contribution >= 0.6 is 0 Å². The molecule has 106 valence electrons. The molecule has 0 atom stereocenters. The van der Waals surface area contributed by atoms with E-state index in [-0.39, 0.29) is 5.82 Å². The quantitative estimate of drug-likeness (QED) is 0.797. The summed E-state index contributed by atoms with van der Waals surface area (Å²) in [6, 6.07) is 12.2. The van der Waals surface area contributed by atoms with Crippen LogP contribution < -0.4 is 10.1 Å². The molecule has 0 unspecified atom stereocenters. The molecule has 0 bridgehead atoms. The monoisotopic (exact) mass is 283 g/mol. The lowest BCUT2D eigenvalue weighted by Crippen LogP contribution is -2.04. The van der Waals surface area contributed by atoms with Gasteiger partial charge in [-0.3, -0.25) is 0 Å². The SMILES string of the molecule is COc1ccc2c(NCc3ccccc3F)ncnc2c1. The van der Waals surface area contributed by atoms with Gasteiger partial charge in [-0.25, -0.2) is 14.4 Å². The van der Waals surface area contributed by atoms with Crippen LogP contribution in [0.2, 0.25) is 0 Å². The molecule has 3 rings (SSSR count). The van der Waals surface area contributed by atoms with Crippen molar-refractivity contribution in [3.8, 4) is 5.75 Å². The summed E-state index contributed by atoms with van der Waals surface area (Å²) < 4.78 is 18.8. The van der Waals surface area contributed by atoms with Crippen LogP contribution in [0.25, 0.3) is 10.9 Å². The molecule has 0 fully saturated rings. The van der Waals surface area contributed by atoms with Crippen LogP contribution in [0.3, 0.4) is 0 Å². The van der Waals surface area contributed by atoms with E-state index in [9.17, 15) is 4.39 Å². The molecule has 0 saturated carbocycles. The molecule has 0 saturated heterocycles. The van der Waals surface area contributed by atoms with E-state index in [2.05, 4.69) is 15.3 Å². The minimum Gasteiger partial charge on any atom is -0.497 e. The van der Waals surface area contributed by atoms with Crippen molar-refractivity contribution in [1.82, 2.24) is 9.97 Å². The number of rotatable bonds is 4. The van der Waals surface area contributed by atoms with Gasteiger partial charge in [0.25, 0.3) is 0 Å². The van der Waals surface area contributed by atoms with Crippen LogP contribution in [0, 0.1) is 5.82 Å². The summed E-state index contributed by atoms with van der Waals surface area (Å²) >= 11 is 0. The standard InChI is InChI=1S/C16H14FN3O/c1-21-12-6-7-13-15(8-12)19-10-20-16(13)18-9-11-4-2-3-5-14(11)17/h2-8,10H,9H2,1H3,(H,18,19,20). The van der Waals surface area contributed by atoms with E-state index < -0.39 is 0 Å². The molecule has 0 amide bonds. The first-order valence-electron chi connectivity index (χ1n) is 6.54. The smallest absolute Gasteiger partial charge is 0.137 e. The fraction of sp³-hybridized carbons (Fsp3) is 0.125. The highest BCUT2D eigenvalue weighted by atomic mass is 19.1. The minimum atomic E-state index is -0.231. The highest BCUT2D eigenvalue weighted by Gasteiger charge is 2.06. The Balaban J connectivity index is 1.89. The van der Waals surface area contributed by atoms with Gasteiger partial charge in [-0.05, 0) is 18.2 Å². The van der Waals surface area contributed by atoms with Crippen LogP contribution in [0.4, 0.5) is 10.2 Å². The second-order valence-electron chi connectivity index (χ2n) is 4.55. The van der Waals surface area contributed by atoms with Gasteiger partial charge in [0.15, 0.2) is 0 Å². The van der Waals surface area contributed by atoms with E-state index in [1.807, 2.05) is 24.3 Å². The Morgan fingerprint density at radius 3 is 2.81 bits per heavy atom. The Labute approximate surface area is 121 Å². The average Bonchev–Trinajstić information content (AvgIpc) is 2.53. The number of benzene rings is 2. The summed E-state index contributed by atoms with van der Waals surface area (Å²) in [4.78, 5) is 8.44. The summed E-state index contributed by atoms with van der Waals surface area (Å²) in [7, 11) is 1.61. The third-order valence-electron chi connectivity index (χ3n) is 3.25. The van der Waals surface area contributed by atoms with E-state index in [1.54, 1.807) is 19.2 Å². The van der Waals surface area contributed by atoms with Gasteiger partial charge in [0.05, 0.1) is 12.6 Å². The molecule has 2 aromatic carbocycles. The van der Waals surface area contributed by atoms with Crippen LogP contribution in [0.1, 0.15) is 5.56 Å². The highest BCUT2D eigenvalue weighted by Crippen LogP contribution is 2.24. The van der Waals surface area contributed by atoms with Crippen molar-refractivity contribution in [1.29, 1.82) is 0 Å². The predicted octanol–water partition coefficient (Wildman–Crippen LogP) is 3.39. The van der Waals surface area contributed by atoms with Crippen LogP contribution in [0.5, 0.6) is 5.75 Å². The van der Waals surface area contributed by atoms with Gasteiger partial charge in [-0.2, -0.15) is 0 Å². The first kappa shape index (κ1) is 13.3. The van der Waals surface area contributed by atoms with E-state index in [1.165, 1.54) is 12.4 Å². The maximum absolute atomic E-state index is 13.6. The summed E-state index contributed by atoms with van der Waals surface area (Å²) in [5, 5.41) is 4.02. The van der Waals surface area contributed by atoms with Gasteiger partial charge >= 0.3 is 0 Å². The number of methoxy groups -OCH3 is 1. The summed E-state index contributed by atoms with van der Waals surface area (Å²) in [5.74, 6) is 1.18. The molecule has 0 spiro atoms. The Morgan fingerprint density at radius 2 is 2.00 bits per heavy atom. The molecule has 3 aromatic rings. The van der Waals surface area contributed by atoms with E-state index in [0.717, 1.165) is 16.7 Å². The fourth-order valence-corrected chi connectivity index (χ4v) is 2.13. The molecule has 0 radical (unpaired) electrons. The van der Waals surface area contributed by atoms with Gasteiger partial charge in [0.1, 0.15) is 23.7 Å². The van der Waals surface area contributed by atoms with Crippen molar-refractivity contribution in [3.05, 3.63) is 60.2 Å². The first-order valence-corrected chi connectivity index (χ1v) is 6.54. The van der Waals surface area contributed by atoms with Crippen molar-refractivity contribution in [3.63, 3.8) is 0 Å². The summed E-state index contributed by atoms with van der Waals surface area (Å²) in [5.41, 5.74) is 1.37. The second kappa shape index (κ2) is 5.75. The third kappa shape index (κ3) is 2.76. The van der Waals surface area contributed by atoms with Crippen molar-refractivity contribution in [2.45, 2.75) is 6.54 Å². The lowest BCUT2D eigenvalue weighted by Gasteiger charge is -2.09. The molecule has 5 heteroatoms. The second-order valence-corrected chi connectivity index (χ2v) is 4.55. The zero-order valence-corrected chi connectivity index (χ0v) is 11.5. The predicted molar refractivity (Wildman–Crippen MR) is 79.8 cm³/mol. The van der Waals surface area contributed by atoms with Gasteiger partial charge < -0.3 is 10.1 Å². The number of anilines is 1. The number of halogens is 1. The normalized spacial score (nSPS) is 10.6. The van der Waals surface area contributed by atoms with E-state index in [4.69, 9.17) is 4.74 Å². The highest BCUT2D eigenvalue weighted by molar-refractivity contribution is 5.89. The summed E-state index contributed by atoms with van der Waals surface area (Å²) in [6.07, 6.45) is 1.48. The van der Waals surface area contributed by atoms with Gasteiger partial charge in [0, 0.05) is 23.6 Å². The third-order valence-corrected chi connectivity index (χ3v) is 3.25. The molecule has 1 N–H and O–H groups in total. The number of nitrogens with zero attached hydrogens (tertiary/aromatic N) is 2. The number of hydrogen-bond donors (Lipinski definition) is 1. The zero-order valence-electron chi connectivity index (χ0n) is 11.5. The molecular weight excluding hydrogens is 269 g/mol. The van der Waals surface area contributed by atoms with E-state index in [0.29, 0.717) is 17.9 Å². The average molecular weight is 283 g/mol. The first-order chi connectivity index (χ1) is 10.3. The van der Waals surface area contributed by atoms with Gasteiger partial charge in [0.2, 0.25) is 0 Å². The Kier molecular flexibility index (Phi) is 3.64. The molecule has 0 aliphatic carbocycles. The molecule has 1 aromatic heterocycles. The van der Waals surface area contributed by atoms with Crippen LogP contribution in [-0.4, -0.2) is 17.1 Å². The summed E-state index contributed by atoms with van der Waals surface area (Å²) in [6.45, 7) is 0.366. The Bertz CT molecular complexity index is 776. The van der Waals surface area contributed by atoms with Crippen molar-refractivity contribution < 1.29 is 9.13 Å². The maximum Gasteiger partial charge on any atom is 0.137 e. The van der Waals surface area contributed by atoms with Crippen molar-refractivity contribution >= 4 is 16.7 Å². The maximum atomic E-state index is 13.6. The number of aromatic nitrogens is 2. The van der Waals surface area contributed by atoms with Crippen molar-refractivity contribution in [2.24, 2.45) is 0 Å². The van der Waals surface area contributed by atoms with Crippen LogP contribution in [-0.2, 0) is 6.54 Å². The van der Waals surface area contributed by atoms with Crippen LogP contribution in [0.15, 0.2) is 48.8 Å². The molecular formula is C16H14FN3O. The van der Waals surface area contributed by atoms with Crippen molar-refractivity contribution in [2.75, 3.05) is 12.4 Å². The number of nitrogens with one attached hydrogen (secondary N) is 1. The fourth-order valence-electron chi connectivity index (χ4n) is 2.13. The Morgan fingerprint density at radius 1 is 1.14 bits per heavy atom. The molecule has 0 aliphatic heterocycles. The zero-order chi connectivity index (χ0) is 14.7. The largest absolute Gasteiger partial charge is 0.497 e. The van der Waals surface area contributed by atoms with E-state index >= 15 is 0 Å². The minimum absolute atomic E-state index is 0.231. The number of ether oxygens (including phenoxy) is 1.